The number of rotatable bonds is 3. The molecule has 0 aromatic heterocycles. The Morgan fingerprint density at radius 1 is 1.57 bits per heavy atom. The molecule has 0 rings (SSSR count). The number of likely N-dealkylation sites (N-methyl/N-ethyl adjacent to an activating group) is 1. The van der Waals surface area contributed by atoms with E-state index < -0.39 is 0 Å². The van der Waals surface area contributed by atoms with Crippen LogP contribution in [-0.4, -0.2) is 32.1 Å². The number of halogens is 1. The van der Waals surface area contributed by atoms with E-state index >= 15 is 0 Å². The van der Waals surface area contributed by atoms with Crippen molar-refractivity contribution in [1.29, 1.82) is 0 Å². The van der Waals surface area contributed by atoms with Crippen molar-refractivity contribution in [2.45, 2.75) is 0 Å². The molecule has 0 heterocycles. The van der Waals surface area contributed by atoms with Crippen molar-refractivity contribution >= 4 is 16.1 Å². The van der Waals surface area contributed by atoms with Gasteiger partial charge in [0, 0.05) is 29.2 Å². The van der Waals surface area contributed by atoms with Gasteiger partial charge in [0.05, 0.1) is 0 Å². The van der Waals surface area contributed by atoms with E-state index in [1.807, 2.05) is 14.1 Å². The highest BCUT2D eigenvalue weighted by Gasteiger charge is 1.83. The molecule has 44 valence electrons. The monoisotopic (exact) mass is 166 g/mol. The van der Waals surface area contributed by atoms with Crippen molar-refractivity contribution in [3.8, 4) is 0 Å². The average Bonchev–Trinajstić information content (AvgIpc) is 1.61. The van der Waals surface area contributed by atoms with Crippen molar-refractivity contribution in [2.75, 3.05) is 27.2 Å². The Bertz CT molecular complexity index is 38.7. The van der Waals surface area contributed by atoms with Crippen molar-refractivity contribution in [3.05, 3.63) is 0 Å². The van der Waals surface area contributed by atoms with Crippen LogP contribution in [0, 0.1) is 0 Å². The summed E-state index contributed by atoms with van der Waals surface area (Å²) in [5, 5.41) is 0. The molecule has 0 saturated heterocycles. The zero-order chi connectivity index (χ0) is 5.70. The molecule has 0 aliphatic rings. The molecule has 0 aromatic rings. The number of hydrogen-bond donors (Lipinski definition) is 1. The van der Waals surface area contributed by atoms with Gasteiger partial charge in [-0.15, -0.1) is 0 Å². The van der Waals surface area contributed by atoms with E-state index in [2.05, 4.69) is 25.4 Å². The summed E-state index contributed by atoms with van der Waals surface area (Å²) in [5.41, 5.74) is 0. The Labute approximate surface area is 53.2 Å². The molecule has 3 heteroatoms. The van der Waals surface area contributed by atoms with Gasteiger partial charge in [0.15, 0.2) is 0 Å². The van der Waals surface area contributed by atoms with Crippen molar-refractivity contribution in [1.82, 2.24) is 9.24 Å². The number of nitrogens with one attached hydrogen (secondary N) is 1. The van der Waals surface area contributed by atoms with E-state index in [0.29, 0.717) is 0 Å². The van der Waals surface area contributed by atoms with Gasteiger partial charge in [-0.3, -0.25) is 4.34 Å². The van der Waals surface area contributed by atoms with Crippen LogP contribution in [0.1, 0.15) is 0 Å². The summed E-state index contributed by atoms with van der Waals surface area (Å²) in [4.78, 5) is 2.12. The summed E-state index contributed by atoms with van der Waals surface area (Å²) in [6.07, 6.45) is 0. The third-order valence-corrected chi connectivity index (χ3v) is 1.05. The molecule has 0 aromatic carbocycles. The summed E-state index contributed by atoms with van der Waals surface area (Å²) in [5.74, 6) is 0. The molecular formula is C4H11BrN2. The Kier molecular flexibility index (Phi) is 4.82. The topological polar surface area (TPSA) is 15.3 Å². The maximum atomic E-state index is 3.10. The Morgan fingerprint density at radius 2 is 2.14 bits per heavy atom. The molecule has 2 nitrogen and oxygen atoms in total. The zero-order valence-electron chi connectivity index (χ0n) is 4.74. The second-order valence-electron chi connectivity index (χ2n) is 1.69. The molecule has 0 amide bonds. The van der Waals surface area contributed by atoms with Crippen molar-refractivity contribution in [2.24, 2.45) is 0 Å². The Hall–Kier alpha value is 0.400. The standard InChI is InChI=1S/C4H11BrN2/c1-7(2)4-3-6-5/h6H,3-4H2,1-2H3. The van der Waals surface area contributed by atoms with Crippen LogP contribution in [0.15, 0.2) is 0 Å². The first-order valence-electron chi connectivity index (χ1n) is 2.25. The average molecular weight is 167 g/mol. The molecule has 1 N–H and O–H groups in total. The molecule has 0 unspecified atom stereocenters. The first-order valence-corrected chi connectivity index (χ1v) is 3.05. The van der Waals surface area contributed by atoms with Gasteiger partial charge in [0.25, 0.3) is 0 Å². The van der Waals surface area contributed by atoms with E-state index in [1.165, 1.54) is 0 Å². The molecular weight excluding hydrogens is 156 g/mol. The van der Waals surface area contributed by atoms with Crippen molar-refractivity contribution < 1.29 is 0 Å². The molecule has 0 fully saturated rings. The Balaban J connectivity index is 2.68. The number of hydrogen-bond acceptors (Lipinski definition) is 2. The molecule has 0 aliphatic carbocycles. The molecule has 0 spiro atoms. The van der Waals surface area contributed by atoms with Gasteiger partial charge >= 0.3 is 0 Å². The van der Waals surface area contributed by atoms with E-state index in [0.717, 1.165) is 13.1 Å². The van der Waals surface area contributed by atoms with Crippen LogP contribution in [0.25, 0.3) is 0 Å². The van der Waals surface area contributed by atoms with Gasteiger partial charge in [0.2, 0.25) is 0 Å². The largest absolute Gasteiger partial charge is 0.308 e. The van der Waals surface area contributed by atoms with Gasteiger partial charge in [-0.1, -0.05) is 0 Å². The van der Waals surface area contributed by atoms with Crippen LogP contribution in [0.2, 0.25) is 0 Å². The second-order valence-corrected chi connectivity index (χ2v) is 2.25. The van der Waals surface area contributed by atoms with Crippen molar-refractivity contribution in [3.63, 3.8) is 0 Å². The van der Waals surface area contributed by atoms with E-state index in [9.17, 15) is 0 Å². The summed E-state index contributed by atoms with van der Waals surface area (Å²) in [6, 6.07) is 0. The minimum atomic E-state index is 0.993. The highest BCUT2D eigenvalue weighted by molar-refractivity contribution is 9.08. The lowest BCUT2D eigenvalue weighted by molar-refractivity contribution is 0.416. The van der Waals surface area contributed by atoms with Gasteiger partial charge in [0.1, 0.15) is 0 Å². The highest BCUT2D eigenvalue weighted by atomic mass is 79.9. The fourth-order valence-corrected chi connectivity index (χ4v) is 0.443. The molecule has 0 atom stereocenters. The lowest BCUT2D eigenvalue weighted by atomic mass is 10.6. The summed E-state index contributed by atoms with van der Waals surface area (Å²) in [7, 11) is 4.09. The lowest BCUT2D eigenvalue weighted by Gasteiger charge is -2.05. The third kappa shape index (κ3) is 6.40. The van der Waals surface area contributed by atoms with Crippen LogP contribution in [0.5, 0.6) is 0 Å². The zero-order valence-corrected chi connectivity index (χ0v) is 6.33. The Morgan fingerprint density at radius 3 is 2.29 bits per heavy atom. The maximum absolute atomic E-state index is 3.10. The summed E-state index contributed by atoms with van der Waals surface area (Å²) >= 11 is 3.10. The minimum Gasteiger partial charge on any atom is -0.308 e. The first-order chi connectivity index (χ1) is 3.27. The third-order valence-electron chi connectivity index (χ3n) is 0.654. The SMILES string of the molecule is CN(C)CCNBr. The molecule has 7 heavy (non-hydrogen) atoms. The number of nitrogens with zero attached hydrogens (tertiary/aromatic N) is 1. The maximum Gasteiger partial charge on any atom is 0.0189 e. The molecule has 0 radical (unpaired) electrons. The summed E-state index contributed by atoms with van der Waals surface area (Å²) in [6.45, 7) is 2.07. The lowest BCUT2D eigenvalue weighted by Crippen LogP contribution is -2.20. The fraction of sp³-hybridized carbons (Fsp3) is 1.00. The van der Waals surface area contributed by atoms with Gasteiger partial charge < -0.3 is 4.90 Å². The van der Waals surface area contributed by atoms with Gasteiger partial charge in [-0.25, -0.2) is 0 Å². The predicted molar refractivity (Wildman–Crippen MR) is 35.5 cm³/mol. The normalized spacial score (nSPS) is 10.3. The van der Waals surface area contributed by atoms with Crippen LogP contribution in [-0.2, 0) is 0 Å². The first kappa shape index (κ1) is 7.40. The molecule has 0 saturated carbocycles. The van der Waals surface area contributed by atoms with Crippen LogP contribution < -0.4 is 4.34 Å². The quantitative estimate of drug-likeness (QED) is 0.614. The smallest absolute Gasteiger partial charge is 0.0189 e. The highest BCUT2D eigenvalue weighted by Crippen LogP contribution is 1.71. The molecule has 0 aliphatic heterocycles. The van der Waals surface area contributed by atoms with Crippen LogP contribution in [0.4, 0.5) is 0 Å². The fourth-order valence-electron chi connectivity index (χ4n) is 0.266. The van der Waals surface area contributed by atoms with Crippen LogP contribution >= 0.6 is 16.1 Å². The summed E-state index contributed by atoms with van der Waals surface area (Å²) < 4.78 is 2.87. The second kappa shape index (κ2) is 4.56. The predicted octanol–water partition coefficient (Wildman–Crippen LogP) is 0.447. The van der Waals surface area contributed by atoms with Gasteiger partial charge in [-0.05, 0) is 14.1 Å². The van der Waals surface area contributed by atoms with E-state index in [-0.39, 0.29) is 0 Å². The molecule has 0 bridgehead atoms. The minimum absolute atomic E-state index is 0.993. The van der Waals surface area contributed by atoms with E-state index in [4.69, 9.17) is 0 Å². The van der Waals surface area contributed by atoms with Crippen LogP contribution in [0.3, 0.4) is 0 Å². The van der Waals surface area contributed by atoms with E-state index in [1.54, 1.807) is 0 Å². The van der Waals surface area contributed by atoms with Gasteiger partial charge in [-0.2, -0.15) is 0 Å².